The van der Waals surface area contributed by atoms with Crippen molar-refractivity contribution < 1.29 is 0 Å². The number of likely N-dealkylation sites (N-methyl/N-ethyl adjacent to an activating group) is 1. The first-order valence-electron chi connectivity index (χ1n) is 11.2. The molecule has 0 atom stereocenters. The fraction of sp³-hybridized carbons (Fsp3) is 0.500. The summed E-state index contributed by atoms with van der Waals surface area (Å²) in [4.78, 5) is 14.2. The molecule has 0 unspecified atom stereocenters. The van der Waals surface area contributed by atoms with E-state index in [1.165, 1.54) is 24.2 Å². The maximum atomic E-state index is 4.74. The van der Waals surface area contributed by atoms with Crippen molar-refractivity contribution in [2.45, 2.75) is 33.4 Å². The molecule has 0 radical (unpaired) electrons. The summed E-state index contributed by atoms with van der Waals surface area (Å²) in [5, 5.41) is 6.72. The van der Waals surface area contributed by atoms with Crippen molar-refractivity contribution in [3.8, 4) is 0 Å². The second kappa shape index (κ2) is 12.3. The molecule has 0 aliphatic carbocycles. The molecule has 0 bridgehead atoms. The first-order chi connectivity index (χ1) is 14.8. The predicted octanol–water partition coefficient (Wildman–Crippen LogP) is 2.52. The van der Waals surface area contributed by atoms with E-state index in [9.17, 15) is 0 Å². The van der Waals surface area contributed by atoms with Gasteiger partial charge in [0.05, 0.1) is 6.54 Å². The molecular weight excluding hydrogens is 372 g/mol. The van der Waals surface area contributed by atoms with Gasteiger partial charge in [-0.1, -0.05) is 37.3 Å². The Balaban J connectivity index is 1.45. The molecule has 2 aromatic rings. The molecule has 1 aromatic heterocycles. The second-order valence-corrected chi connectivity index (χ2v) is 7.72. The number of pyridine rings is 1. The number of aliphatic imine (C=N–C) groups is 1. The minimum atomic E-state index is 0.675. The van der Waals surface area contributed by atoms with Gasteiger partial charge >= 0.3 is 0 Å². The van der Waals surface area contributed by atoms with Crippen LogP contribution in [0.25, 0.3) is 0 Å². The highest BCUT2D eigenvalue weighted by molar-refractivity contribution is 5.79. The average Bonchev–Trinajstić information content (AvgIpc) is 2.80. The van der Waals surface area contributed by atoms with Gasteiger partial charge in [-0.05, 0) is 36.7 Å². The van der Waals surface area contributed by atoms with Gasteiger partial charge in [0.25, 0.3) is 0 Å². The van der Waals surface area contributed by atoms with Crippen molar-refractivity contribution in [1.29, 1.82) is 0 Å². The molecule has 2 heterocycles. The summed E-state index contributed by atoms with van der Waals surface area (Å²) < 4.78 is 0. The third kappa shape index (κ3) is 7.43. The van der Waals surface area contributed by atoms with Crippen LogP contribution >= 0.6 is 0 Å². The Kier molecular flexibility index (Phi) is 9.12. The van der Waals surface area contributed by atoms with Crippen LogP contribution in [0.4, 0.5) is 0 Å². The quantitative estimate of drug-likeness (QED) is 0.493. The molecule has 30 heavy (non-hydrogen) atoms. The van der Waals surface area contributed by atoms with E-state index >= 15 is 0 Å². The van der Waals surface area contributed by atoms with Crippen LogP contribution in [0.5, 0.6) is 0 Å². The average molecular weight is 409 g/mol. The van der Waals surface area contributed by atoms with Crippen LogP contribution in [0.15, 0.2) is 53.7 Å². The number of benzene rings is 1. The lowest BCUT2D eigenvalue weighted by Gasteiger charge is -2.34. The minimum absolute atomic E-state index is 0.675. The van der Waals surface area contributed by atoms with Crippen molar-refractivity contribution in [2.75, 3.05) is 45.8 Å². The number of hydrogen-bond acceptors (Lipinski definition) is 4. The zero-order valence-corrected chi connectivity index (χ0v) is 18.5. The van der Waals surface area contributed by atoms with Gasteiger partial charge in [-0.3, -0.25) is 9.88 Å². The van der Waals surface area contributed by atoms with E-state index in [1.807, 2.05) is 18.3 Å². The highest BCUT2D eigenvalue weighted by atomic mass is 15.3. The van der Waals surface area contributed by atoms with E-state index < -0.39 is 0 Å². The molecule has 1 aliphatic heterocycles. The molecule has 2 N–H and O–H groups in total. The Morgan fingerprint density at radius 1 is 0.933 bits per heavy atom. The number of nitrogens with one attached hydrogen (secondary N) is 2. The van der Waals surface area contributed by atoms with E-state index in [2.05, 4.69) is 69.6 Å². The third-order valence-corrected chi connectivity index (χ3v) is 5.50. The molecule has 3 rings (SSSR count). The maximum Gasteiger partial charge on any atom is 0.191 e. The molecule has 1 aliphatic rings. The lowest BCUT2D eigenvalue weighted by atomic mass is 10.1. The second-order valence-electron chi connectivity index (χ2n) is 7.72. The molecule has 0 spiro atoms. The van der Waals surface area contributed by atoms with Gasteiger partial charge in [-0.25, -0.2) is 4.99 Å². The molecular formula is C24H36N6. The number of piperazine rings is 1. The van der Waals surface area contributed by atoms with Crippen molar-refractivity contribution in [3.05, 3.63) is 65.5 Å². The molecule has 0 amide bonds. The Hall–Kier alpha value is -2.44. The zero-order valence-electron chi connectivity index (χ0n) is 18.5. The van der Waals surface area contributed by atoms with Crippen molar-refractivity contribution in [2.24, 2.45) is 4.99 Å². The van der Waals surface area contributed by atoms with Crippen LogP contribution in [0.3, 0.4) is 0 Å². The zero-order chi connectivity index (χ0) is 21.0. The standard InChI is InChI=1S/C24H36N6/c1-3-25-24(27-14-12-23-7-5-6-13-26-23)28-19-21-8-10-22(11-9-21)20-30-17-15-29(4-2)16-18-30/h5-11,13H,3-4,12,14-20H2,1-2H3,(H2,25,27,28). The smallest absolute Gasteiger partial charge is 0.191 e. The summed E-state index contributed by atoms with van der Waals surface area (Å²) in [5.74, 6) is 0.853. The molecule has 162 valence electrons. The molecule has 6 heteroatoms. The third-order valence-electron chi connectivity index (χ3n) is 5.50. The maximum absolute atomic E-state index is 4.74. The van der Waals surface area contributed by atoms with Crippen LogP contribution in [0, 0.1) is 0 Å². The SMILES string of the molecule is CCNC(=NCc1ccc(CN2CCN(CC)CC2)cc1)NCCc1ccccn1. The summed E-state index contributed by atoms with van der Waals surface area (Å²) in [6.45, 7) is 13.6. The van der Waals surface area contributed by atoms with E-state index in [1.54, 1.807) is 0 Å². The Bertz CT molecular complexity index is 751. The Morgan fingerprint density at radius 3 is 2.33 bits per heavy atom. The van der Waals surface area contributed by atoms with Gasteiger partial charge < -0.3 is 15.5 Å². The predicted molar refractivity (Wildman–Crippen MR) is 125 cm³/mol. The van der Waals surface area contributed by atoms with Crippen molar-refractivity contribution in [3.63, 3.8) is 0 Å². The Labute approximate surface area is 181 Å². The molecule has 1 saturated heterocycles. The van der Waals surface area contributed by atoms with Crippen molar-refractivity contribution >= 4 is 5.96 Å². The van der Waals surface area contributed by atoms with Crippen LogP contribution in [0.2, 0.25) is 0 Å². The summed E-state index contributed by atoms with van der Waals surface area (Å²) in [7, 11) is 0. The summed E-state index contributed by atoms with van der Waals surface area (Å²) >= 11 is 0. The number of hydrogen-bond donors (Lipinski definition) is 2. The molecule has 1 fully saturated rings. The number of rotatable bonds is 9. The monoisotopic (exact) mass is 408 g/mol. The highest BCUT2D eigenvalue weighted by Gasteiger charge is 2.15. The Morgan fingerprint density at radius 2 is 1.67 bits per heavy atom. The van der Waals surface area contributed by atoms with Gasteiger partial charge in [-0.2, -0.15) is 0 Å². The fourth-order valence-corrected chi connectivity index (χ4v) is 3.64. The van der Waals surface area contributed by atoms with E-state index in [0.717, 1.165) is 57.3 Å². The fourth-order valence-electron chi connectivity index (χ4n) is 3.64. The van der Waals surface area contributed by atoms with E-state index in [4.69, 9.17) is 4.99 Å². The van der Waals surface area contributed by atoms with Crippen molar-refractivity contribution in [1.82, 2.24) is 25.4 Å². The van der Waals surface area contributed by atoms with Gasteiger partial charge in [0.1, 0.15) is 0 Å². The number of guanidine groups is 1. The number of nitrogens with zero attached hydrogens (tertiary/aromatic N) is 4. The first-order valence-corrected chi connectivity index (χ1v) is 11.2. The topological polar surface area (TPSA) is 55.8 Å². The summed E-state index contributed by atoms with van der Waals surface area (Å²) in [5.41, 5.74) is 3.71. The van der Waals surface area contributed by atoms with Gasteiger partial charge in [-0.15, -0.1) is 0 Å². The normalized spacial score (nSPS) is 15.9. The van der Waals surface area contributed by atoms with E-state index in [-0.39, 0.29) is 0 Å². The minimum Gasteiger partial charge on any atom is -0.357 e. The van der Waals surface area contributed by atoms with Gasteiger partial charge in [0.15, 0.2) is 5.96 Å². The van der Waals surface area contributed by atoms with Crippen LogP contribution in [-0.4, -0.2) is 66.6 Å². The molecule has 0 saturated carbocycles. The lowest BCUT2D eigenvalue weighted by Crippen LogP contribution is -2.45. The molecule has 6 nitrogen and oxygen atoms in total. The molecule has 1 aromatic carbocycles. The van der Waals surface area contributed by atoms with Crippen LogP contribution < -0.4 is 10.6 Å². The summed E-state index contributed by atoms with van der Waals surface area (Å²) in [6, 6.07) is 14.9. The number of aromatic nitrogens is 1. The highest BCUT2D eigenvalue weighted by Crippen LogP contribution is 2.11. The largest absolute Gasteiger partial charge is 0.357 e. The van der Waals surface area contributed by atoms with Crippen LogP contribution in [0.1, 0.15) is 30.7 Å². The summed E-state index contributed by atoms with van der Waals surface area (Å²) in [6.07, 6.45) is 2.72. The van der Waals surface area contributed by atoms with Crippen LogP contribution in [-0.2, 0) is 19.5 Å². The van der Waals surface area contributed by atoms with Gasteiger partial charge in [0, 0.05) is 64.1 Å². The van der Waals surface area contributed by atoms with Gasteiger partial charge in [0.2, 0.25) is 0 Å². The van der Waals surface area contributed by atoms with E-state index in [0.29, 0.717) is 6.54 Å². The lowest BCUT2D eigenvalue weighted by molar-refractivity contribution is 0.132. The first kappa shape index (κ1) is 22.2.